The smallest absolute Gasteiger partial charge is 0.266 e. The Kier molecular flexibility index (Phi) is 6.42. The lowest BCUT2D eigenvalue weighted by molar-refractivity contribution is -0.120. The molecule has 1 unspecified atom stereocenters. The minimum atomic E-state index is -0.397. The average Bonchev–Trinajstić information content (AvgIpc) is 2.65. The number of rotatable bonds is 6. The van der Waals surface area contributed by atoms with E-state index in [0.29, 0.717) is 27.6 Å². The molecule has 1 N–H and O–H groups in total. The minimum Gasteiger partial charge on any atom is -0.355 e. The average molecular weight is 416 g/mol. The highest BCUT2D eigenvalue weighted by molar-refractivity contribution is 8.00. The maximum Gasteiger partial charge on any atom is 0.266 e. The van der Waals surface area contributed by atoms with Crippen LogP contribution in [-0.2, 0) is 4.79 Å². The Morgan fingerprint density at radius 3 is 2.79 bits per heavy atom. The van der Waals surface area contributed by atoms with E-state index in [1.54, 1.807) is 22.8 Å². The second-order valence-corrected chi connectivity index (χ2v) is 8.33. The molecule has 0 aliphatic carbocycles. The third-order valence-electron chi connectivity index (χ3n) is 4.26. The number of benzene rings is 2. The van der Waals surface area contributed by atoms with Crippen LogP contribution in [0.1, 0.15) is 25.8 Å². The van der Waals surface area contributed by atoms with E-state index in [9.17, 15) is 9.59 Å². The number of fused-ring (bicyclic) bond motifs is 1. The summed E-state index contributed by atoms with van der Waals surface area (Å²) in [6.07, 6.45) is 0.865. The molecule has 0 spiro atoms. The maximum atomic E-state index is 13.3. The third kappa shape index (κ3) is 4.39. The maximum absolute atomic E-state index is 13.3. The Bertz CT molecular complexity index is 1080. The van der Waals surface area contributed by atoms with Crippen LogP contribution < -0.4 is 10.9 Å². The molecule has 7 heteroatoms. The van der Waals surface area contributed by atoms with Crippen LogP contribution in [0.2, 0.25) is 5.02 Å². The normalized spacial score (nSPS) is 12.1. The first-order chi connectivity index (χ1) is 13.4. The van der Waals surface area contributed by atoms with Gasteiger partial charge in [0.15, 0.2) is 5.16 Å². The fourth-order valence-electron chi connectivity index (χ4n) is 2.82. The van der Waals surface area contributed by atoms with Crippen LogP contribution in [0.25, 0.3) is 16.6 Å². The lowest BCUT2D eigenvalue weighted by Gasteiger charge is -2.16. The zero-order chi connectivity index (χ0) is 20.3. The molecule has 3 aromatic rings. The molecular formula is C21H22ClN3O2S. The standard InChI is InChI=1S/C21H22ClN3O2S/c1-4-10-23-19(26)14(3)28-21-24-18-12-15(22)8-9-17(18)20(27)25(21)16-7-5-6-13(2)11-16/h5-9,11-12,14H,4,10H2,1-3H3,(H,23,26). The number of nitrogens with one attached hydrogen (secondary N) is 1. The first kappa shape index (κ1) is 20.4. The zero-order valence-electron chi connectivity index (χ0n) is 16.0. The molecule has 0 saturated heterocycles. The van der Waals surface area contributed by atoms with Crippen LogP contribution in [-0.4, -0.2) is 27.3 Å². The van der Waals surface area contributed by atoms with Crippen molar-refractivity contribution in [2.24, 2.45) is 0 Å². The predicted molar refractivity (Wildman–Crippen MR) is 116 cm³/mol. The molecule has 3 rings (SSSR count). The fraction of sp³-hybridized carbons (Fsp3) is 0.286. The van der Waals surface area contributed by atoms with Gasteiger partial charge in [0.2, 0.25) is 5.91 Å². The van der Waals surface area contributed by atoms with Crippen molar-refractivity contribution in [3.8, 4) is 5.69 Å². The van der Waals surface area contributed by atoms with Crippen molar-refractivity contribution in [3.05, 3.63) is 63.4 Å². The highest BCUT2D eigenvalue weighted by Crippen LogP contribution is 2.26. The van der Waals surface area contributed by atoms with Crippen LogP contribution in [0.3, 0.4) is 0 Å². The summed E-state index contributed by atoms with van der Waals surface area (Å²) in [4.78, 5) is 30.3. The number of hydrogen-bond donors (Lipinski definition) is 1. The molecule has 0 aliphatic heterocycles. The van der Waals surface area contributed by atoms with Gasteiger partial charge in [0.25, 0.3) is 5.56 Å². The molecule has 0 radical (unpaired) electrons. The van der Waals surface area contributed by atoms with E-state index in [-0.39, 0.29) is 11.5 Å². The molecule has 1 atom stereocenters. The summed E-state index contributed by atoms with van der Waals surface area (Å²) in [5.41, 5.74) is 2.09. The second kappa shape index (κ2) is 8.80. The molecular weight excluding hydrogens is 394 g/mol. The molecule has 1 amide bonds. The summed E-state index contributed by atoms with van der Waals surface area (Å²) in [7, 11) is 0. The van der Waals surface area contributed by atoms with Crippen LogP contribution in [0, 0.1) is 6.92 Å². The number of aromatic nitrogens is 2. The second-order valence-electron chi connectivity index (χ2n) is 6.59. The number of nitrogens with zero attached hydrogens (tertiary/aromatic N) is 2. The lowest BCUT2D eigenvalue weighted by Crippen LogP contribution is -2.32. The molecule has 28 heavy (non-hydrogen) atoms. The first-order valence-electron chi connectivity index (χ1n) is 9.14. The summed E-state index contributed by atoms with van der Waals surface area (Å²) in [5.74, 6) is -0.0805. The molecule has 0 aliphatic rings. The van der Waals surface area contributed by atoms with Crippen molar-refractivity contribution < 1.29 is 4.79 Å². The van der Waals surface area contributed by atoms with Gasteiger partial charge in [-0.15, -0.1) is 0 Å². The SMILES string of the molecule is CCCNC(=O)C(C)Sc1nc2cc(Cl)ccc2c(=O)n1-c1cccc(C)c1. The highest BCUT2D eigenvalue weighted by Gasteiger charge is 2.20. The number of halogens is 1. The molecule has 0 fully saturated rings. The van der Waals surface area contributed by atoms with Gasteiger partial charge >= 0.3 is 0 Å². The Balaban J connectivity index is 2.14. The van der Waals surface area contributed by atoms with E-state index in [1.165, 1.54) is 11.8 Å². The Morgan fingerprint density at radius 2 is 2.07 bits per heavy atom. The molecule has 0 saturated carbocycles. The topological polar surface area (TPSA) is 64.0 Å². The molecule has 1 aromatic heterocycles. The van der Waals surface area contributed by atoms with Gasteiger partial charge in [0.1, 0.15) is 0 Å². The Morgan fingerprint density at radius 1 is 1.29 bits per heavy atom. The van der Waals surface area contributed by atoms with E-state index in [1.807, 2.05) is 45.0 Å². The number of amides is 1. The summed E-state index contributed by atoms with van der Waals surface area (Å²) in [6, 6.07) is 12.7. The zero-order valence-corrected chi connectivity index (χ0v) is 17.6. The van der Waals surface area contributed by atoms with E-state index in [2.05, 4.69) is 10.3 Å². The van der Waals surface area contributed by atoms with Crippen LogP contribution in [0.5, 0.6) is 0 Å². The Labute approximate surface area is 173 Å². The van der Waals surface area contributed by atoms with Gasteiger partial charge in [-0.3, -0.25) is 14.2 Å². The van der Waals surface area contributed by atoms with Gasteiger partial charge in [0, 0.05) is 11.6 Å². The van der Waals surface area contributed by atoms with E-state index in [0.717, 1.165) is 17.7 Å². The number of hydrogen-bond acceptors (Lipinski definition) is 4. The molecule has 2 aromatic carbocycles. The van der Waals surface area contributed by atoms with Gasteiger partial charge in [-0.05, 0) is 56.2 Å². The molecule has 1 heterocycles. The number of thioether (sulfide) groups is 1. The first-order valence-corrected chi connectivity index (χ1v) is 10.4. The third-order valence-corrected chi connectivity index (χ3v) is 5.55. The number of carbonyl (C=O) groups is 1. The minimum absolute atomic E-state index is 0.0805. The fourth-order valence-corrected chi connectivity index (χ4v) is 3.93. The van der Waals surface area contributed by atoms with Crippen LogP contribution >= 0.6 is 23.4 Å². The Hall–Kier alpha value is -2.31. The van der Waals surface area contributed by atoms with Crippen LogP contribution in [0.4, 0.5) is 0 Å². The monoisotopic (exact) mass is 415 g/mol. The van der Waals surface area contributed by atoms with Crippen molar-refractivity contribution in [1.29, 1.82) is 0 Å². The van der Waals surface area contributed by atoms with Crippen molar-refractivity contribution in [1.82, 2.24) is 14.9 Å². The summed E-state index contributed by atoms with van der Waals surface area (Å²) < 4.78 is 1.57. The lowest BCUT2D eigenvalue weighted by atomic mass is 10.2. The van der Waals surface area contributed by atoms with Crippen molar-refractivity contribution in [2.45, 2.75) is 37.6 Å². The number of aryl methyl sites for hydroxylation is 1. The quantitative estimate of drug-likeness (QED) is 0.480. The van der Waals surface area contributed by atoms with Gasteiger partial charge in [-0.25, -0.2) is 4.98 Å². The summed E-state index contributed by atoms with van der Waals surface area (Å²) in [5, 5.41) is 3.95. The predicted octanol–water partition coefficient (Wildman–Crippen LogP) is 4.35. The molecule has 0 bridgehead atoms. The van der Waals surface area contributed by atoms with Gasteiger partial charge in [-0.2, -0.15) is 0 Å². The van der Waals surface area contributed by atoms with E-state index >= 15 is 0 Å². The summed E-state index contributed by atoms with van der Waals surface area (Å²) in [6.45, 7) is 6.40. The van der Waals surface area contributed by atoms with Gasteiger partial charge in [0.05, 0.1) is 21.8 Å². The van der Waals surface area contributed by atoms with Crippen molar-refractivity contribution >= 4 is 40.2 Å². The van der Waals surface area contributed by atoms with E-state index in [4.69, 9.17) is 11.6 Å². The largest absolute Gasteiger partial charge is 0.355 e. The molecule has 5 nitrogen and oxygen atoms in total. The van der Waals surface area contributed by atoms with Crippen LogP contribution in [0.15, 0.2) is 52.4 Å². The van der Waals surface area contributed by atoms with Gasteiger partial charge in [-0.1, -0.05) is 42.4 Å². The molecule has 146 valence electrons. The van der Waals surface area contributed by atoms with E-state index < -0.39 is 5.25 Å². The number of carbonyl (C=O) groups excluding carboxylic acids is 1. The summed E-state index contributed by atoms with van der Waals surface area (Å²) >= 11 is 7.36. The van der Waals surface area contributed by atoms with Crippen molar-refractivity contribution in [3.63, 3.8) is 0 Å². The highest BCUT2D eigenvalue weighted by atomic mass is 35.5. The van der Waals surface area contributed by atoms with Gasteiger partial charge < -0.3 is 5.32 Å². The van der Waals surface area contributed by atoms with Crippen molar-refractivity contribution in [2.75, 3.05) is 6.54 Å².